The summed E-state index contributed by atoms with van der Waals surface area (Å²) in [5.74, 6) is 0.356. The molecule has 0 aliphatic carbocycles. The molecule has 128 valence electrons. The number of pyridine rings is 1. The van der Waals surface area contributed by atoms with Gasteiger partial charge in [-0.25, -0.2) is 0 Å². The Morgan fingerprint density at radius 1 is 0.846 bits per heavy atom. The highest BCUT2D eigenvalue weighted by Crippen LogP contribution is 2.37. The van der Waals surface area contributed by atoms with Gasteiger partial charge >= 0.3 is 0 Å². The van der Waals surface area contributed by atoms with Crippen LogP contribution in [-0.2, 0) is 6.42 Å². The molecule has 1 heterocycles. The van der Waals surface area contributed by atoms with Crippen LogP contribution in [0.1, 0.15) is 28.2 Å². The zero-order valence-electron chi connectivity index (χ0n) is 14.8. The van der Waals surface area contributed by atoms with Gasteiger partial charge in [0.05, 0.1) is 0 Å². The summed E-state index contributed by atoms with van der Waals surface area (Å²) in [4.78, 5) is 4.39. The van der Waals surface area contributed by atoms with Crippen molar-refractivity contribution in [3.8, 4) is 5.75 Å². The van der Waals surface area contributed by atoms with Crippen molar-refractivity contribution in [1.82, 2.24) is 4.98 Å². The first kappa shape index (κ1) is 16.3. The smallest absolute Gasteiger partial charge is 0.145 e. The molecular formula is C24H21NO. The van der Waals surface area contributed by atoms with Crippen molar-refractivity contribution in [3.63, 3.8) is 0 Å². The first-order valence-electron chi connectivity index (χ1n) is 8.89. The van der Waals surface area contributed by atoms with Gasteiger partial charge in [0.25, 0.3) is 0 Å². The fraction of sp³-hybridized carbons (Fsp3) is 0.125. The third kappa shape index (κ3) is 3.18. The quantitative estimate of drug-likeness (QED) is 0.523. The lowest BCUT2D eigenvalue weighted by molar-refractivity contribution is 0.469. The maximum absolute atomic E-state index is 10.9. The van der Waals surface area contributed by atoms with E-state index in [-0.39, 0.29) is 11.7 Å². The Kier molecular flexibility index (Phi) is 4.40. The van der Waals surface area contributed by atoms with E-state index in [0.717, 1.165) is 17.4 Å². The summed E-state index contributed by atoms with van der Waals surface area (Å²) in [6, 6.07) is 26.9. The van der Waals surface area contributed by atoms with Gasteiger partial charge in [-0.05, 0) is 30.5 Å². The van der Waals surface area contributed by atoms with Gasteiger partial charge < -0.3 is 5.11 Å². The zero-order chi connectivity index (χ0) is 17.9. The molecular weight excluding hydrogens is 318 g/mol. The number of hydrogen-bond donors (Lipinski definition) is 1. The van der Waals surface area contributed by atoms with Crippen LogP contribution in [0.5, 0.6) is 5.75 Å². The van der Waals surface area contributed by atoms with Crippen molar-refractivity contribution < 1.29 is 5.11 Å². The number of aromatic nitrogens is 1. The van der Waals surface area contributed by atoms with Crippen molar-refractivity contribution in [2.75, 3.05) is 0 Å². The number of phenols is 1. The normalized spacial score (nSPS) is 12.2. The molecule has 4 rings (SSSR count). The van der Waals surface area contributed by atoms with Crippen LogP contribution in [0.2, 0.25) is 0 Å². The molecule has 0 spiro atoms. The van der Waals surface area contributed by atoms with E-state index >= 15 is 0 Å². The molecule has 0 bridgehead atoms. The summed E-state index contributed by atoms with van der Waals surface area (Å²) >= 11 is 0. The molecule has 0 saturated heterocycles. The summed E-state index contributed by atoms with van der Waals surface area (Å²) in [5.41, 5.74) is 5.28. The van der Waals surface area contributed by atoms with E-state index in [4.69, 9.17) is 0 Å². The van der Waals surface area contributed by atoms with E-state index in [0.29, 0.717) is 5.52 Å². The number of nitrogens with zero attached hydrogens (tertiary/aromatic N) is 1. The highest BCUT2D eigenvalue weighted by molar-refractivity contribution is 5.85. The molecule has 1 N–H and O–H groups in total. The number of aryl methyl sites for hydroxylation is 1. The Morgan fingerprint density at radius 3 is 2.38 bits per heavy atom. The zero-order valence-corrected chi connectivity index (χ0v) is 14.8. The van der Waals surface area contributed by atoms with Crippen molar-refractivity contribution in [1.29, 1.82) is 0 Å². The second-order valence-electron chi connectivity index (χ2n) is 6.73. The molecule has 1 aromatic heterocycles. The molecule has 0 aliphatic heterocycles. The fourth-order valence-electron chi connectivity index (χ4n) is 3.48. The summed E-state index contributed by atoms with van der Waals surface area (Å²) in [6.45, 7) is 2.10. The summed E-state index contributed by atoms with van der Waals surface area (Å²) in [5, 5.41) is 11.9. The predicted molar refractivity (Wildman–Crippen MR) is 107 cm³/mol. The molecule has 2 nitrogen and oxygen atoms in total. The van der Waals surface area contributed by atoms with Gasteiger partial charge in [-0.3, -0.25) is 4.98 Å². The summed E-state index contributed by atoms with van der Waals surface area (Å²) in [7, 11) is 0. The Morgan fingerprint density at radius 2 is 1.62 bits per heavy atom. The van der Waals surface area contributed by atoms with Crippen LogP contribution < -0.4 is 0 Å². The minimum absolute atomic E-state index is 0.0744. The van der Waals surface area contributed by atoms with Gasteiger partial charge in [-0.2, -0.15) is 0 Å². The van der Waals surface area contributed by atoms with Gasteiger partial charge in [0.15, 0.2) is 0 Å². The first-order valence-corrected chi connectivity index (χ1v) is 8.89. The highest BCUT2D eigenvalue weighted by atomic mass is 16.3. The topological polar surface area (TPSA) is 33.1 Å². The molecule has 1 unspecified atom stereocenters. The summed E-state index contributed by atoms with van der Waals surface area (Å²) < 4.78 is 0. The van der Waals surface area contributed by atoms with E-state index in [2.05, 4.69) is 48.3 Å². The van der Waals surface area contributed by atoms with Crippen LogP contribution in [0.15, 0.2) is 85.1 Å². The van der Waals surface area contributed by atoms with E-state index in [1.54, 1.807) is 6.20 Å². The molecule has 26 heavy (non-hydrogen) atoms. The lowest BCUT2D eigenvalue weighted by Crippen LogP contribution is -2.06. The molecule has 0 aliphatic rings. The van der Waals surface area contributed by atoms with E-state index in [1.807, 2.05) is 42.5 Å². The summed E-state index contributed by atoms with van der Waals surface area (Å²) in [6.07, 6.45) is 2.56. The minimum Gasteiger partial charge on any atom is -0.505 e. The standard InChI is InChI=1S/C24H21NO/c1-17-9-11-18(12-10-17)16-22(19-6-3-2-4-7-19)21-14-13-20-8-5-15-25-23(20)24(21)26/h2-15,22,26H,16H2,1H3. The second-order valence-corrected chi connectivity index (χ2v) is 6.73. The van der Waals surface area contributed by atoms with E-state index in [1.165, 1.54) is 16.7 Å². The Balaban J connectivity index is 1.83. The second kappa shape index (κ2) is 7.01. The van der Waals surface area contributed by atoms with Crippen molar-refractivity contribution in [3.05, 3.63) is 107 Å². The lowest BCUT2D eigenvalue weighted by atomic mass is 9.85. The predicted octanol–water partition coefficient (Wildman–Crippen LogP) is 5.62. The first-order chi connectivity index (χ1) is 12.7. The van der Waals surface area contributed by atoms with Gasteiger partial charge in [0, 0.05) is 23.1 Å². The third-order valence-electron chi connectivity index (χ3n) is 4.92. The van der Waals surface area contributed by atoms with Crippen molar-refractivity contribution in [2.24, 2.45) is 0 Å². The average molecular weight is 339 g/mol. The van der Waals surface area contributed by atoms with Crippen molar-refractivity contribution >= 4 is 10.9 Å². The molecule has 0 fully saturated rings. The molecule has 3 aromatic carbocycles. The number of hydrogen-bond acceptors (Lipinski definition) is 2. The molecule has 1 atom stereocenters. The maximum atomic E-state index is 10.9. The van der Waals surface area contributed by atoms with Crippen LogP contribution in [0.4, 0.5) is 0 Å². The number of fused-ring (bicyclic) bond motifs is 1. The SMILES string of the molecule is Cc1ccc(CC(c2ccccc2)c2ccc3cccnc3c2O)cc1. The van der Waals surface area contributed by atoms with Crippen LogP contribution in [-0.4, -0.2) is 10.1 Å². The molecule has 0 amide bonds. The van der Waals surface area contributed by atoms with Crippen LogP contribution in [0.3, 0.4) is 0 Å². The van der Waals surface area contributed by atoms with Crippen LogP contribution >= 0.6 is 0 Å². The number of aromatic hydroxyl groups is 1. The Bertz CT molecular complexity index is 1020. The van der Waals surface area contributed by atoms with Gasteiger partial charge in [-0.1, -0.05) is 78.4 Å². The number of benzene rings is 3. The highest BCUT2D eigenvalue weighted by Gasteiger charge is 2.20. The largest absolute Gasteiger partial charge is 0.505 e. The van der Waals surface area contributed by atoms with Gasteiger partial charge in [-0.15, -0.1) is 0 Å². The van der Waals surface area contributed by atoms with E-state index < -0.39 is 0 Å². The molecule has 0 saturated carbocycles. The van der Waals surface area contributed by atoms with E-state index in [9.17, 15) is 5.11 Å². The molecule has 2 heteroatoms. The molecule has 4 aromatic rings. The van der Waals surface area contributed by atoms with Crippen molar-refractivity contribution in [2.45, 2.75) is 19.3 Å². The number of rotatable bonds is 4. The van der Waals surface area contributed by atoms with Crippen LogP contribution in [0, 0.1) is 6.92 Å². The Labute approximate surface area is 153 Å². The lowest BCUT2D eigenvalue weighted by Gasteiger charge is -2.20. The van der Waals surface area contributed by atoms with Gasteiger partial charge in [0.1, 0.15) is 11.3 Å². The minimum atomic E-state index is 0.0744. The Hall–Kier alpha value is -3.13. The maximum Gasteiger partial charge on any atom is 0.145 e. The monoisotopic (exact) mass is 339 g/mol. The van der Waals surface area contributed by atoms with Gasteiger partial charge in [0.2, 0.25) is 0 Å². The fourth-order valence-corrected chi connectivity index (χ4v) is 3.48. The third-order valence-corrected chi connectivity index (χ3v) is 4.92. The number of phenolic OH excluding ortho intramolecular Hbond substituents is 1. The van der Waals surface area contributed by atoms with Crippen LogP contribution in [0.25, 0.3) is 10.9 Å². The molecule has 0 radical (unpaired) electrons. The average Bonchev–Trinajstić information content (AvgIpc) is 2.69.